The van der Waals surface area contributed by atoms with Crippen LogP contribution in [0.1, 0.15) is 10.5 Å². The van der Waals surface area contributed by atoms with Crippen molar-refractivity contribution in [2.24, 2.45) is 0 Å². The van der Waals surface area contributed by atoms with Crippen LogP contribution >= 0.6 is 0 Å². The highest BCUT2D eigenvalue weighted by molar-refractivity contribution is 6.01. The Morgan fingerprint density at radius 3 is 2.74 bits per heavy atom. The molecule has 9 nitrogen and oxygen atoms in total. The number of aromatic nitrogens is 5. The smallest absolute Gasteiger partial charge is 0.276 e. The van der Waals surface area contributed by atoms with E-state index >= 15 is 0 Å². The molecule has 0 unspecified atom stereocenters. The molecule has 3 aromatic rings. The maximum atomic E-state index is 11.9. The van der Waals surface area contributed by atoms with Gasteiger partial charge in [-0.05, 0) is 18.2 Å². The molecule has 0 spiro atoms. The third kappa shape index (κ3) is 2.98. The summed E-state index contributed by atoms with van der Waals surface area (Å²) in [4.78, 5) is 16.2. The van der Waals surface area contributed by atoms with Crippen molar-refractivity contribution in [1.82, 2.24) is 25.4 Å². The lowest BCUT2D eigenvalue weighted by atomic mass is 10.2. The van der Waals surface area contributed by atoms with E-state index in [1.54, 1.807) is 38.5 Å². The Hall–Kier alpha value is -3.36. The largest absolute Gasteiger partial charge is 0.497 e. The number of hydrogen-bond acceptors (Lipinski definition) is 6. The molecule has 9 heteroatoms. The fourth-order valence-electron chi connectivity index (χ4n) is 1.98. The molecule has 3 rings (SSSR count). The van der Waals surface area contributed by atoms with Crippen LogP contribution in [-0.2, 0) is 0 Å². The van der Waals surface area contributed by atoms with Gasteiger partial charge in [-0.25, -0.2) is 0 Å². The zero-order chi connectivity index (χ0) is 16.2. The van der Waals surface area contributed by atoms with Crippen LogP contribution in [-0.4, -0.2) is 45.5 Å². The van der Waals surface area contributed by atoms with E-state index in [0.29, 0.717) is 28.6 Å². The summed E-state index contributed by atoms with van der Waals surface area (Å²) >= 11 is 0. The van der Waals surface area contributed by atoms with Gasteiger partial charge in [0.15, 0.2) is 5.82 Å². The normalized spacial score (nSPS) is 10.3. The first-order valence-corrected chi connectivity index (χ1v) is 6.67. The highest BCUT2D eigenvalue weighted by Crippen LogP contribution is 2.31. The van der Waals surface area contributed by atoms with Gasteiger partial charge in [-0.1, -0.05) is 0 Å². The van der Waals surface area contributed by atoms with Crippen LogP contribution in [0.25, 0.3) is 11.4 Å². The predicted molar refractivity (Wildman–Crippen MR) is 81.5 cm³/mol. The van der Waals surface area contributed by atoms with Crippen molar-refractivity contribution in [2.45, 2.75) is 0 Å². The molecule has 23 heavy (non-hydrogen) atoms. The number of nitrogens with zero attached hydrogens (tertiary/aromatic N) is 3. The summed E-state index contributed by atoms with van der Waals surface area (Å²) in [5.74, 6) is 1.47. The highest BCUT2D eigenvalue weighted by Gasteiger charge is 2.14. The standard InChI is InChI=1S/C14H14N6O3/c1-22-8-3-4-9(11(7-8)23-2)12-16-14(20-19-12)17-13(21)10-5-6-15-18-10/h3-7H,1-2H3,(H,15,18)(H2,16,17,19,20,21). The van der Waals surface area contributed by atoms with Crippen LogP contribution in [0.4, 0.5) is 5.95 Å². The Bertz CT molecular complexity index is 812. The van der Waals surface area contributed by atoms with Crippen LogP contribution in [0.5, 0.6) is 11.5 Å². The minimum atomic E-state index is -0.380. The number of benzene rings is 1. The molecule has 0 aliphatic heterocycles. The zero-order valence-corrected chi connectivity index (χ0v) is 12.5. The monoisotopic (exact) mass is 314 g/mol. The number of nitrogens with one attached hydrogen (secondary N) is 3. The number of carbonyl (C=O) groups excluding carboxylic acids is 1. The maximum absolute atomic E-state index is 11.9. The topological polar surface area (TPSA) is 118 Å². The first kappa shape index (κ1) is 14.6. The molecular weight excluding hydrogens is 300 g/mol. The van der Waals surface area contributed by atoms with Crippen molar-refractivity contribution in [3.63, 3.8) is 0 Å². The van der Waals surface area contributed by atoms with Gasteiger partial charge >= 0.3 is 0 Å². The molecule has 0 bridgehead atoms. The summed E-state index contributed by atoms with van der Waals surface area (Å²) in [5.41, 5.74) is 1.02. The number of carbonyl (C=O) groups is 1. The van der Waals surface area contributed by atoms with Gasteiger partial charge in [0.1, 0.15) is 17.2 Å². The average molecular weight is 314 g/mol. The quantitative estimate of drug-likeness (QED) is 0.656. The average Bonchev–Trinajstić information content (AvgIpc) is 3.26. The van der Waals surface area contributed by atoms with E-state index in [1.807, 2.05) is 0 Å². The van der Waals surface area contributed by atoms with E-state index in [-0.39, 0.29) is 11.9 Å². The van der Waals surface area contributed by atoms with E-state index in [0.717, 1.165) is 0 Å². The van der Waals surface area contributed by atoms with Gasteiger partial charge in [0.2, 0.25) is 5.95 Å². The second-order valence-corrected chi connectivity index (χ2v) is 4.50. The number of H-pyrrole nitrogens is 2. The van der Waals surface area contributed by atoms with Crippen molar-refractivity contribution in [3.8, 4) is 22.9 Å². The summed E-state index contributed by atoms with van der Waals surface area (Å²) in [5, 5.41) is 15.6. The fraction of sp³-hybridized carbons (Fsp3) is 0.143. The van der Waals surface area contributed by atoms with Gasteiger partial charge in [0, 0.05) is 12.3 Å². The van der Waals surface area contributed by atoms with E-state index in [1.165, 1.54) is 6.20 Å². The second kappa shape index (κ2) is 6.18. The Morgan fingerprint density at radius 1 is 1.17 bits per heavy atom. The number of rotatable bonds is 5. The van der Waals surface area contributed by atoms with Gasteiger partial charge < -0.3 is 9.47 Å². The summed E-state index contributed by atoms with van der Waals surface area (Å²) in [6.07, 6.45) is 1.49. The van der Waals surface area contributed by atoms with Crippen molar-refractivity contribution < 1.29 is 14.3 Å². The molecule has 1 amide bonds. The third-order valence-corrected chi connectivity index (χ3v) is 3.12. The molecule has 1 aromatic carbocycles. The van der Waals surface area contributed by atoms with Gasteiger partial charge in [0.05, 0.1) is 19.8 Å². The number of aromatic amines is 2. The van der Waals surface area contributed by atoms with Crippen LogP contribution in [0.3, 0.4) is 0 Å². The van der Waals surface area contributed by atoms with Crippen LogP contribution < -0.4 is 14.8 Å². The lowest BCUT2D eigenvalue weighted by molar-refractivity contribution is 0.102. The van der Waals surface area contributed by atoms with E-state index < -0.39 is 0 Å². The number of methoxy groups -OCH3 is 2. The van der Waals surface area contributed by atoms with Gasteiger partial charge in [-0.3, -0.25) is 20.3 Å². The molecule has 0 saturated heterocycles. The van der Waals surface area contributed by atoms with Crippen molar-refractivity contribution >= 4 is 11.9 Å². The summed E-state index contributed by atoms with van der Waals surface area (Å²) in [7, 11) is 3.13. The SMILES string of the molecule is COc1ccc(-c2nc(NC(=O)c3ccn[nH]3)n[nH]2)c(OC)c1. The molecule has 0 radical (unpaired) electrons. The molecule has 0 aliphatic carbocycles. The van der Waals surface area contributed by atoms with Crippen LogP contribution in [0, 0.1) is 0 Å². The summed E-state index contributed by atoms with van der Waals surface area (Å²) in [6, 6.07) is 6.86. The minimum absolute atomic E-state index is 0.150. The first-order chi connectivity index (χ1) is 11.2. The van der Waals surface area contributed by atoms with Gasteiger partial charge in [-0.15, -0.1) is 5.10 Å². The Labute approximate surface area is 131 Å². The van der Waals surface area contributed by atoms with Crippen LogP contribution in [0.2, 0.25) is 0 Å². The van der Waals surface area contributed by atoms with E-state index in [9.17, 15) is 4.79 Å². The molecule has 0 aliphatic rings. The zero-order valence-electron chi connectivity index (χ0n) is 12.5. The molecule has 118 valence electrons. The van der Waals surface area contributed by atoms with Gasteiger partial charge in [-0.2, -0.15) is 10.1 Å². The fourth-order valence-corrected chi connectivity index (χ4v) is 1.98. The first-order valence-electron chi connectivity index (χ1n) is 6.67. The number of ether oxygens (including phenoxy) is 2. The van der Waals surface area contributed by atoms with E-state index in [2.05, 4.69) is 30.7 Å². The lowest BCUT2D eigenvalue weighted by Gasteiger charge is -2.07. The molecule has 0 fully saturated rings. The van der Waals surface area contributed by atoms with Crippen LogP contribution in [0.15, 0.2) is 30.5 Å². The number of amides is 1. The Kier molecular flexibility index (Phi) is 3.91. The van der Waals surface area contributed by atoms with Crippen molar-refractivity contribution in [3.05, 3.63) is 36.2 Å². The number of hydrogen-bond donors (Lipinski definition) is 3. The molecule has 0 atom stereocenters. The molecule has 2 aromatic heterocycles. The predicted octanol–water partition coefficient (Wildman–Crippen LogP) is 1.46. The summed E-state index contributed by atoms with van der Waals surface area (Å²) in [6.45, 7) is 0. The minimum Gasteiger partial charge on any atom is -0.497 e. The highest BCUT2D eigenvalue weighted by atomic mass is 16.5. The van der Waals surface area contributed by atoms with Crippen molar-refractivity contribution in [2.75, 3.05) is 19.5 Å². The molecule has 2 heterocycles. The molecule has 3 N–H and O–H groups in total. The molecule has 0 saturated carbocycles. The second-order valence-electron chi connectivity index (χ2n) is 4.50. The lowest BCUT2D eigenvalue weighted by Crippen LogP contribution is -2.13. The summed E-state index contributed by atoms with van der Waals surface area (Å²) < 4.78 is 10.5. The molecular formula is C14H14N6O3. The van der Waals surface area contributed by atoms with Crippen molar-refractivity contribution in [1.29, 1.82) is 0 Å². The maximum Gasteiger partial charge on any atom is 0.276 e. The van der Waals surface area contributed by atoms with E-state index in [4.69, 9.17) is 9.47 Å². The van der Waals surface area contributed by atoms with Gasteiger partial charge in [0.25, 0.3) is 5.91 Å². The Morgan fingerprint density at radius 2 is 2.04 bits per heavy atom. The number of anilines is 1. The Balaban J connectivity index is 1.83. The third-order valence-electron chi connectivity index (χ3n) is 3.12.